The summed E-state index contributed by atoms with van der Waals surface area (Å²) in [5.41, 5.74) is 3.12. The zero-order valence-corrected chi connectivity index (χ0v) is 20.8. The minimum Gasteiger partial charge on any atom is -0.139 e. The summed E-state index contributed by atoms with van der Waals surface area (Å²) < 4.78 is 3.07. The molecule has 0 radical (unpaired) electrons. The first-order valence-electron chi connectivity index (χ1n) is 10.2. The fraction of sp³-hybridized carbons (Fsp3) is 0.417. The van der Waals surface area contributed by atoms with Gasteiger partial charge in [0.25, 0.3) is 0 Å². The van der Waals surface area contributed by atoms with E-state index in [0.717, 1.165) is 12.8 Å². The van der Waals surface area contributed by atoms with E-state index in [1.165, 1.54) is 38.7 Å². The molecule has 0 aromatic carbocycles. The molecule has 0 saturated heterocycles. The van der Waals surface area contributed by atoms with E-state index in [4.69, 9.17) is 0 Å². The standard InChI is InChI=1S/C24H28S4/c1-7-15-21(19-11-9-17(25-19)13(3)4)27-24-16(8-2)22(28-23(15)24)20-12-10-18(26-20)14(5)6/h9-14H,7-8H2,1-6H3. The Balaban J connectivity index is 1.86. The molecule has 4 aromatic rings. The van der Waals surface area contributed by atoms with Gasteiger partial charge in [-0.2, -0.15) is 0 Å². The third-order valence-electron chi connectivity index (χ3n) is 5.26. The van der Waals surface area contributed by atoms with Crippen molar-refractivity contribution in [3.05, 3.63) is 45.1 Å². The molecule has 4 aromatic heterocycles. The molecule has 0 aliphatic heterocycles. The minimum atomic E-state index is 0.608. The van der Waals surface area contributed by atoms with Gasteiger partial charge in [-0.1, -0.05) is 41.5 Å². The predicted molar refractivity (Wildman–Crippen MR) is 133 cm³/mol. The molecule has 0 amide bonds. The van der Waals surface area contributed by atoms with Crippen LogP contribution in [0, 0.1) is 0 Å². The van der Waals surface area contributed by atoms with Gasteiger partial charge in [-0.15, -0.1) is 45.3 Å². The summed E-state index contributed by atoms with van der Waals surface area (Å²) in [6.45, 7) is 13.8. The van der Waals surface area contributed by atoms with Crippen molar-refractivity contribution in [2.45, 2.75) is 66.2 Å². The highest BCUT2D eigenvalue weighted by atomic mass is 32.1. The molecule has 148 valence electrons. The highest BCUT2D eigenvalue weighted by Gasteiger charge is 2.22. The fourth-order valence-corrected chi connectivity index (χ4v) is 9.12. The van der Waals surface area contributed by atoms with Gasteiger partial charge in [0.15, 0.2) is 0 Å². The Bertz CT molecular complexity index is 1010. The van der Waals surface area contributed by atoms with Crippen molar-refractivity contribution in [1.82, 2.24) is 0 Å². The molecule has 0 spiro atoms. The lowest BCUT2D eigenvalue weighted by Gasteiger charge is -2.02. The molecular weight excluding hydrogens is 417 g/mol. The first kappa shape index (κ1) is 20.3. The van der Waals surface area contributed by atoms with E-state index in [1.807, 2.05) is 45.3 Å². The molecular formula is C24H28S4. The molecule has 0 nitrogen and oxygen atoms in total. The van der Waals surface area contributed by atoms with Crippen LogP contribution in [0.3, 0.4) is 0 Å². The summed E-state index contributed by atoms with van der Waals surface area (Å²) in [5.74, 6) is 1.22. The van der Waals surface area contributed by atoms with E-state index in [-0.39, 0.29) is 0 Å². The average Bonchev–Trinajstić information content (AvgIpc) is 3.41. The number of aryl methyl sites for hydroxylation is 2. The van der Waals surface area contributed by atoms with Crippen LogP contribution in [0.1, 0.15) is 74.3 Å². The van der Waals surface area contributed by atoms with Crippen molar-refractivity contribution in [3.63, 3.8) is 0 Å². The van der Waals surface area contributed by atoms with E-state index in [0.29, 0.717) is 11.8 Å². The average molecular weight is 445 g/mol. The van der Waals surface area contributed by atoms with Crippen LogP contribution in [0.4, 0.5) is 0 Å². The van der Waals surface area contributed by atoms with E-state index in [2.05, 4.69) is 65.8 Å². The maximum atomic E-state index is 2.34. The van der Waals surface area contributed by atoms with Crippen LogP contribution in [-0.4, -0.2) is 0 Å². The normalized spacial score (nSPS) is 12.1. The first-order valence-corrected chi connectivity index (χ1v) is 13.5. The van der Waals surface area contributed by atoms with Gasteiger partial charge in [0.1, 0.15) is 0 Å². The Hall–Kier alpha value is -0.940. The molecule has 4 heteroatoms. The molecule has 4 rings (SSSR count). The lowest BCUT2D eigenvalue weighted by Crippen LogP contribution is -1.79. The Morgan fingerprint density at radius 2 is 1.00 bits per heavy atom. The Labute approximate surface area is 184 Å². The Kier molecular flexibility index (Phi) is 5.85. The lowest BCUT2D eigenvalue weighted by molar-refractivity contribution is 0.890. The van der Waals surface area contributed by atoms with Crippen LogP contribution in [0.25, 0.3) is 28.9 Å². The van der Waals surface area contributed by atoms with Gasteiger partial charge in [-0.05, 0) is 60.1 Å². The van der Waals surface area contributed by atoms with Crippen molar-refractivity contribution in [3.8, 4) is 19.5 Å². The lowest BCUT2D eigenvalue weighted by atomic mass is 10.1. The second-order valence-corrected chi connectivity index (χ2v) is 12.2. The number of hydrogen-bond donors (Lipinski definition) is 0. The maximum Gasteiger partial charge on any atom is 0.0499 e. The molecule has 0 N–H and O–H groups in total. The molecule has 0 unspecified atom stereocenters. The summed E-state index contributed by atoms with van der Waals surface area (Å²) in [6.07, 6.45) is 2.21. The molecule has 4 heterocycles. The van der Waals surface area contributed by atoms with Gasteiger partial charge in [0.2, 0.25) is 0 Å². The monoisotopic (exact) mass is 444 g/mol. The summed E-state index contributed by atoms with van der Waals surface area (Å²) in [7, 11) is 0. The van der Waals surface area contributed by atoms with Gasteiger partial charge in [0.05, 0.1) is 0 Å². The van der Waals surface area contributed by atoms with E-state index in [9.17, 15) is 0 Å². The Morgan fingerprint density at radius 1 is 0.607 bits per heavy atom. The Morgan fingerprint density at radius 3 is 1.29 bits per heavy atom. The van der Waals surface area contributed by atoms with Crippen LogP contribution >= 0.6 is 45.3 Å². The van der Waals surface area contributed by atoms with Crippen molar-refractivity contribution in [2.24, 2.45) is 0 Å². The third-order valence-corrected chi connectivity index (χ3v) is 11.1. The van der Waals surface area contributed by atoms with Gasteiger partial charge in [-0.25, -0.2) is 0 Å². The second-order valence-electron chi connectivity index (χ2n) is 7.90. The van der Waals surface area contributed by atoms with Crippen LogP contribution in [0.5, 0.6) is 0 Å². The van der Waals surface area contributed by atoms with Crippen LogP contribution in [-0.2, 0) is 12.8 Å². The number of thiophene rings is 4. The molecule has 0 atom stereocenters. The summed E-state index contributed by atoms with van der Waals surface area (Å²) >= 11 is 8.02. The fourth-order valence-electron chi connectivity index (χ4n) is 3.63. The summed E-state index contributed by atoms with van der Waals surface area (Å²) in [5, 5.41) is 0. The highest BCUT2D eigenvalue weighted by molar-refractivity contribution is 7.34. The molecule has 0 aliphatic rings. The molecule has 28 heavy (non-hydrogen) atoms. The zero-order valence-electron chi connectivity index (χ0n) is 17.5. The summed E-state index contributed by atoms with van der Waals surface area (Å²) in [6, 6.07) is 9.33. The zero-order chi connectivity index (χ0) is 20.0. The van der Waals surface area contributed by atoms with Crippen LogP contribution < -0.4 is 0 Å². The van der Waals surface area contributed by atoms with Gasteiger partial charge in [-0.3, -0.25) is 0 Å². The largest absolute Gasteiger partial charge is 0.139 e. The number of rotatable bonds is 6. The van der Waals surface area contributed by atoms with Gasteiger partial charge >= 0.3 is 0 Å². The quantitative estimate of drug-likeness (QED) is 0.277. The first-order chi connectivity index (χ1) is 13.4. The smallest absolute Gasteiger partial charge is 0.0499 e. The summed E-state index contributed by atoms with van der Waals surface area (Å²) in [4.78, 5) is 8.91. The van der Waals surface area contributed by atoms with Crippen LogP contribution in [0.15, 0.2) is 24.3 Å². The second kappa shape index (κ2) is 8.06. The van der Waals surface area contributed by atoms with Crippen LogP contribution in [0.2, 0.25) is 0 Å². The predicted octanol–water partition coefficient (Wildman–Crippen LogP) is 9.79. The van der Waals surface area contributed by atoms with Crippen molar-refractivity contribution in [1.29, 1.82) is 0 Å². The minimum absolute atomic E-state index is 0.608. The van der Waals surface area contributed by atoms with Crippen molar-refractivity contribution >= 4 is 54.7 Å². The molecule has 0 aliphatic carbocycles. The van der Waals surface area contributed by atoms with E-state index in [1.54, 1.807) is 11.1 Å². The van der Waals surface area contributed by atoms with E-state index >= 15 is 0 Å². The highest BCUT2D eigenvalue weighted by Crippen LogP contribution is 2.51. The SMILES string of the molecule is CCc1c(-c2ccc(C(C)C)s2)sc2c(CC)c(-c3ccc(C(C)C)s3)sc12. The molecule has 0 saturated carbocycles. The maximum absolute atomic E-state index is 2.34. The number of fused-ring (bicyclic) bond motifs is 1. The topological polar surface area (TPSA) is 0 Å². The van der Waals surface area contributed by atoms with Gasteiger partial charge < -0.3 is 0 Å². The van der Waals surface area contributed by atoms with E-state index < -0.39 is 0 Å². The molecule has 0 fully saturated rings. The van der Waals surface area contributed by atoms with Crippen molar-refractivity contribution in [2.75, 3.05) is 0 Å². The number of hydrogen-bond acceptors (Lipinski definition) is 4. The van der Waals surface area contributed by atoms with Gasteiger partial charge in [0, 0.05) is 38.7 Å². The molecule has 0 bridgehead atoms. The third kappa shape index (κ3) is 3.43. The van der Waals surface area contributed by atoms with Crippen molar-refractivity contribution < 1.29 is 0 Å².